The van der Waals surface area contributed by atoms with Crippen molar-refractivity contribution in [3.05, 3.63) is 63.2 Å². The minimum atomic E-state index is -0.437. The van der Waals surface area contributed by atoms with Crippen molar-refractivity contribution in [1.82, 2.24) is 0 Å². The average molecular weight is 328 g/mol. The summed E-state index contributed by atoms with van der Waals surface area (Å²) in [6.45, 7) is 3.67. The highest BCUT2D eigenvalue weighted by atomic mass is 32.2. The monoisotopic (exact) mass is 328 g/mol. The Kier molecular flexibility index (Phi) is 4.09. The van der Waals surface area contributed by atoms with Crippen LogP contribution in [0, 0.1) is 24.0 Å². The number of nitro benzene ring substituents is 1. The first-order valence-electron chi connectivity index (χ1n) is 7.27. The summed E-state index contributed by atoms with van der Waals surface area (Å²) in [5, 5.41) is 13.6. The van der Waals surface area contributed by atoms with Gasteiger partial charge < -0.3 is 5.32 Å². The molecule has 0 saturated carbocycles. The first-order chi connectivity index (χ1) is 11.0. The zero-order valence-electron chi connectivity index (χ0n) is 12.8. The zero-order valence-corrected chi connectivity index (χ0v) is 13.6. The molecule has 0 spiro atoms. The van der Waals surface area contributed by atoms with Crippen LogP contribution >= 0.6 is 11.8 Å². The van der Waals surface area contributed by atoms with Crippen molar-refractivity contribution in [2.75, 3.05) is 5.32 Å². The van der Waals surface area contributed by atoms with Crippen molar-refractivity contribution < 1.29 is 9.72 Å². The van der Waals surface area contributed by atoms with E-state index in [1.807, 2.05) is 13.0 Å². The van der Waals surface area contributed by atoms with Gasteiger partial charge in [-0.2, -0.15) is 0 Å². The molecule has 2 aromatic rings. The number of nitrogens with zero attached hydrogens (tertiary/aromatic N) is 1. The number of nitro groups is 1. The van der Waals surface area contributed by atoms with Gasteiger partial charge in [0.05, 0.1) is 21.4 Å². The van der Waals surface area contributed by atoms with E-state index < -0.39 is 4.92 Å². The minimum absolute atomic E-state index is 0.0146. The van der Waals surface area contributed by atoms with E-state index in [4.69, 9.17) is 0 Å². The molecule has 118 valence electrons. The second kappa shape index (κ2) is 6.04. The molecule has 3 rings (SSSR count). The molecule has 0 aromatic heterocycles. The molecule has 23 heavy (non-hydrogen) atoms. The van der Waals surface area contributed by atoms with Gasteiger partial charge in [-0.1, -0.05) is 23.8 Å². The summed E-state index contributed by atoms with van der Waals surface area (Å²) in [6, 6.07) is 10.9. The topological polar surface area (TPSA) is 72.2 Å². The maximum Gasteiger partial charge on any atom is 0.274 e. The maximum atomic E-state index is 12.5. The first kappa shape index (κ1) is 15.6. The molecule has 0 fully saturated rings. The molecule has 0 aliphatic carbocycles. The number of nitrogens with one attached hydrogen (secondary N) is 1. The van der Waals surface area contributed by atoms with Gasteiger partial charge in [0.1, 0.15) is 0 Å². The highest BCUT2D eigenvalue weighted by Gasteiger charge is 2.29. The smallest absolute Gasteiger partial charge is 0.274 e. The van der Waals surface area contributed by atoms with E-state index in [2.05, 4.69) is 17.4 Å². The van der Waals surface area contributed by atoms with Crippen molar-refractivity contribution >= 4 is 29.0 Å². The van der Waals surface area contributed by atoms with Crippen LogP contribution in [-0.4, -0.2) is 16.1 Å². The van der Waals surface area contributed by atoms with Gasteiger partial charge >= 0.3 is 0 Å². The minimum Gasteiger partial charge on any atom is -0.325 e. The second-order valence-electron chi connectivity index (χ2n) is 5.62. The van der Waals surface area contributed by atoms with E-state index in [1.165, 1.54) is 17.2 Å². The van der Waals surface area contributed by atoms with Gasteiger partial charge in [-0.25, -0.2) is 0 Å². The lowest BCUT2D eigenvalue weighted by Gasteiger charge is -2.12. The molecule has 1 atom stereocenters. The summed E-state index contributed by atoms with van der Waals surface area (Å²) in [4.78, 5) is 24.2. The summed E-state index contributed by atoms with van der Waals surface area (Å²) in [7, 11) is 0. The van der Waals surface area contributed by atoms with Gasteiger partial charge in [0.15, 0.2) is 0 Å². The second-order valence-corrected chi connectivity index (χ2v) is 6.86. The Morgan fingerprint density at radius 3 is 2.83 bits per heavy atom. The molecular formula is C17H16N2O3S. The van der Waals surface area contributed by atoms with E-state index in [0.29, 0.717) is 17.7 Å². The number of benzene rings is 2. The van der Waals surface area contributed by atoms with E-state index in [9.17, 15) is 14.9 Å². The summed E-state index contributed by atoms with van der Waals surface area (Å²) < 4.78 is 0. The zero-order chi connectivity index (χ0) is 16.6. The lowest BCUT2D eigenvalue weighted by Crippen LogP contribution is -2.25. The number of carbonyl (C=O) groups is 1. The summed E-state index contributed by atoms with van der Waals surface area (Å²) in [6.07, 6.45) is 0.681. The third kappa shape index (κ3) is 3.07. The van der Waals surface area contributed by atoms with Crippen LogP contribution in [-0.2, 0) is 11.2 Å². The maximum absolute atomic E-state index is 12.5. The number of carbonyl (C=O) groups excluding carboxylic acids is 1. The number of amides is 1. The van der Waals surface area contributed by atoms with Gasteiger partial charge in [-0.3, -0.25) is 14.9 Å². The van der Waals surface area contributed by atoms with E-state index in [0.717, 1.165) is 4.90 Å². The lowest BCUT2D eigenvalue weighted by atomic mass is 10.1. The number of fused-ring (bicyclic) bond motifs is 1. The van der Waals surface area contributed by atoms with E-state index >= 15 is 0 Å². The van der Waals surface area contributed by atoms with Crippen LogP contribution in [0.15, 0.2) is 41.3 Å². The Hall–Kier alpha value is -2.34. The van der Waals surface area contributed by atoms with Gasteiger partial charge in [-0.05, 0) is 38.0 Å². The molecule has 1 N–H and O–H groups in total. The van der Waals surface area contributed by atoms with E-state index in [-0.39, 0.29) is 16.8 Å². The highest BCUT2D eigenvalue weighted by Crippen LogP contribution is 2.38. The number of hydrogen-bond acceptors (Lipinski definition) is 4. The van der Waals surface area contributed by atoms with Crippen molar-refractivity contribution in [3.8, 4) is 0 Å². The number of aryl methyl sites for hydroxylation is 1. The molecule has 0 saturated heterocycles. The van der Waals surface area contributed by atoms with Gasteiger partial charge in [0, 0.05) is 11.0 Å². The van der Waals surface area contributed by atoms with Gasteiger partial charge in [0.25, 0.3) is 5.69 Å². The largest absolute Gasteiger partial charge is 0.325 e. The Balaban J connectivity index is 1.77. The number of rotatable bonds is 3. The van der Waals surface area contributed by atoms with Crippen molar-refractivity contribution in [1.29, 1.82) is 0 Å². The Bertz CT molecular complexity index is 804. The molecule has 1 aliphatic heterocycles. The van der Waals surface area contributed by atoms with Crippen LogP contribution < -0.4 is 5.32 Å². The average Bonchev–Trinajstić information content (AvgIpc) is 2.92. The lowest BCUT2D eigenvalue weighted by molar-refractivity contribution is -0.385. The molecule has 6 heteroatoms. The number of anilines is 1. The molecule has 1 aliphatic rings. The molecule has 0 unspecified atom stereocenters. The predicted molar refractivity (Wildman–Crippen MR) is 91.0 cm³/mol. The molecule has 1 amide bonds. The summed E-state index contributed by atoms with van der Waals surface area (Å²) in [5.41, 5.74) is 3.34. The van der Waals surface area contributed by atoms with Crippen LogP contribution in [0.3, 0.4) is 0 Å². The van der Waals surface area contributed by atoms with Crippen LogP contribution in [0.2, 0.25) is 0 Å². The van der Waals surface area contributed by atoms with E-state index in [1.54, 1.807) is 30.8 Å². The Morgan fingerprint density at radius 2 is 2.09 bits per heavy atom. The van der Waals surface area contributed by atoms with Crippen LogP contribution in [0.4, 0.5) is 11.4 Å². The first-order valence-corrected chi connectivity index (χ1v) is 8.14. The standard InChI is InChI=1S/C17H16N2O3S/c1-10-6-7-12-9-16(23-15(12)8-10)17(20)18-13-4-3-5-14(11(13)2)19(21)22/h3-8,16H,9H2,1-2H3,(H,18,20)/t16-/m0/s1. The van der Waals surface area contributed by atoms with Crippen molar-refractivity contribution in [2.45, 2.75) is 30.4 Å². The third-order valence-electron chi connectivity index (χ3n) is 3.95. The van der Waals surface area contributed by atoms with Crippen molar-refractivity contribution in [2.24, 2.45) is 0 Å². The highest BCUT2D eigenvalue weighted by molar-refractivity contribution is 8.01. The van der Waals surface area contributed by atoms with Crippen LogP contribution in [0.25, 0.3) is 0 Å². The predicted octanol–water partition coefficient (Wildman–Crippen LogP) is 3.87. The molecular weight excluding hydrogens is 312 g/mol. The Morgan fingerprint density at radius 1 is 1.30 bits per heavy atom. The SMILES string of the molecule is Cc1ccc2c(c1)S[C@H](C(=O)Nc1cccc([N+](=O)[O-])c1C)C2. The van der Waals surface area contributed by atoms with Crippen molar-refractivity contribution in [3.63, 3.8) is 0 Å². The molecule has 1 heterocycles. The number of thioether (sulfide) groups is 1. The van der Waals surface area contributed by atoms with Gasteiger partial charge in [0.2, 0.25) is 5.91 Å². The van der Waals surface area contributed by atoms with Gasteiger partial charge in [-0.15, -0.1) is 11.8 Å². The summed E-state index contributed by atoms with van der Waals surface area (Å²) >= 11 is 1.55. The third-order valence-corrected chi connectivity index (χ3v) is 5.25. The van der Waals surface area contributed by atoms with Crippen LogP contribution in [0.1, 0.15) is 16.7 Å². The quantitative estimate of drug-likeness (QED) is 0.686. The molecule has 5 nitrogen and oxygen atoms in total. The fourth-order valence-electron chi connectivity index (χ4n) is 2.65. The molecule has 0 bridgehead atoms. The molecule has 2 aromatic carbocycles. The normalized spacial score (nSPS) is 16.0. The fourth-order valence-corrected chi connectivity index (χ4v) is 3.94. The number of hydrogen-bond donors (Lipinski definition) is 1. The van der Waals surface area contributed by atoms with Crippen LogP contribution in [0.5, 0.6) is 0 Å². The fraction of sp³-hybridized carbons (Fsp3) is 0.235. The Labute approximate surface area is 138 Å². The summed E-state index contributed by atoms with van der Waals surface area (Å²) in [5.74, 6) is -0.118. The molecule has 0 radical (unpaired) electrons.